The first kappa shape index (κ1) is 16.9. The summed E-state index contributed by atoms with van der Waals surface area (Å²) in [6, 6.07) is 8.33. The summed E-state index contributed by atoms with van der Waals surface area (Å²) in [5.41, 5.74) is 7.28. The number of hydrogen-bond donors (Lipinski definition) is 2. The largest absolute Gasteiger partial charge is 0.376 e. The van der Waals surface area contributed by atoms with Crippen molar-refractivity contribution in [3.05, 3.63) is 35.4 Å². The molecular formula is C17H27N3O2. The fourth-order valence-electron chi connectivity index (χ4n) is 2.54. The molecule has 2 rings (SSSR count). The van der Waals surface area contributed by atoms with Gasteiger partial charge in [0.15, 0.2) is 0 Å². The van der Waals surface area contributed by atoms with E-state index < -0.39 is 5.54 Å². The summed E-state index contributed by atoms with van der Waals surface area (Å²) in [6.45, 7) is 9.66. The first-order chi connectivity index (χ1) is 10.3. The van der Waals surface area contributed by atoms with Crippen LogP contribution in [0.15, 0.2) is 24.3 Å². The van der Waals surface area contributed by atoms with Gasteiger partial charge in [0.05, 0.1) is 18.2 Å². The maximum atomic E-state index is 11.8. The Bertz CT molecular complexity index is 511. The van der Waals surface area contributed by atoms with Crippen molar-refractivity contribution in [2.24, 2.45) is 5.73 Å². The van der Waals surface area contributed by atoms with E-state index >= 15 is 0 Å². The quantitative estimate of drug-likeness (QED) is 0.859. The van der Waals surface area contributed by atoms with E-state index in [1.165, 1.54) is 5.56 Å². The highest BCUT2D eigenvalue weighted by Gasteiger charge is 2.21. The van der Waals surface area contributed by atoms with Crippen molar-refractivity contribution < 1.29 is 9.53 Å². The number of amides is 1. The van der Waals surface area contributed by atoms with Gasteiger partial charge < -0.3 is 15.8 Å². The lowest BCUT2D eigenvalue weighted by atomic mass is 10.1. The molecule has 0 aromatic heterocycles. The molecule has 1 fully saturated rings. The van der Waals surface area contributed by atoms with E-state index in [9.17, 15) is 4.79 Å². The summed E-state index contributed by atoms with van der Waals surface area (Å²) >= 11 is 0. The average Bonchev–Trinajstić information content (AvgIpc) is 2.44. The summed E-state index contributed by atoms with van der Waals surface area (Å²) in [5.74, 6) is -0.139. The molecule has 0 aliphatic carbocycles. The van der Waals surface area contributed by atoms with E-state index in [-0.39, 0.29) is 5.91 Å². The average molecular weight is 305 g/mol. The Labute approximate surface area is 132 Å². The zero-order chi connectivity index (χ0) is 16.2. The summed E-state index contributed by atoms with van der Waals surface area (Å²) < 4.78 is 5.57. The Morgan fingerprint density at radius 3 is 2.86 bits per heavy atom. The second kappa shape index (κ2) is 7.22. The van der Waals surface area contributed by atoms with Crippen molar-refractivity contribution in [3.8, 4) is 0 Å². The van der Waals surface area contributed by atoms with E-state index in [4.69, 9.17) is 10.5 Å². The predicted molar refractivity (Wildman–Crippen MR) is 87.2 cm³/mol. The second-order valence-electron chi connectivity index (χ2n) is 6.64. The normalized spacial score (nSPS) is 19.9. The highest BCUT2D eigenvalue weighted by atomic mass is 16.5. The van der Waals surface area contributed by atoms with E-state index in [0.29, 0.717) is 12.6 Å². The summed E-state index contributed by atoms with van der Waals surface area (Å²) in [7, 11) is 0. The number of benzene rings is 1. The molecule has 122 valence electrons. The number of rotatable bonds is 5. The standard InChI is InChI=1S/C17H27N3O2/c1-13-11-20(7-8-22-13)12-15-6-4-5-14(9-15)10-19-16(21)17(2,3)18/h4-6,9,13H,7-8,10-12,18H2,1-3H3,(H,19,21). The van der Waals surface area contributed by atoms with Crippen molar-refractivity contribution in [1.29, 1.82) is 0 Å². The highest BCUT2D eigenvalue weighted by Crippen LogP contribution is 2.12. The fraction of sp³-hybridized carbons (Fsp3) is 0.588. The van der Waals surface area contributed by atoms with Crippen LogP contribution in [0.25, 0.3) is 0 Å². The number of carbonyl (C=O) groups excluding carboxylic acids is 1. The lowest BCUT2D eigenvalue weighted by Gasteiger charge is -2.31. The molecule has 0 radical (unpaired) electrons. The van der Waals surface area contributed by atoms with E-state index in [1.54, 1.807) is 13.8 Å². The molecule has 1 unspecified atom stereocenters. The van der Waals surface area contributed by atoms with Gasteiger partial charge in [-0.25, -0.2) is 0 Å². The third kappa shape index (κ3) is 5.09. The predicted octanol–water partition coefficient (Wildman–Crippen LogP) is 1.26. The number of nitrogens with zero attached hydrogens (tertiary/aromatic N) is 1. The molecule has 1 aliphatic heterocycles. The number of morpholine rings is 1. The van der Waals surface area contributed by atoms with Gasteiger partial charge in [-0.15, -0.1) is 0 Å². The van der Waals surface area contributed by atoms with Crippen LogP contribution in [0.2, 0.25) is 0 Å². The Hall–Kier alpha value is -1.43. The smallest absolute Gasteiger partial charge is 0.239 e. The van der Waals surface area contributed by atoms with Crippen molar-refractivity contribution in [3.63, 3.8) is 0 Å². The molecule has 5 heteroatoms. The Morgan fingerprint density at radius 2 is 2.18 bits per heavy atom. The minimum absolute atomic E-state index is 0.139. The molecule has 1 heterocycles. The van der Waals surface area contributed by atoms with Gasteiger partial charge in [-0.1, -0.05) is 24.3 Å². The third-order valence-corrected chi connectivity index (χ3v) is 3.76. The fourth-order valence-corrected chi connectivity index (χ4v) is 2.54. The lowest BCUT2D eigenvalue weighted by molar-refractivity contribution is -0.125. The molecule has 3 N–H and O–H groups in total. The minimum Gasteiger partial charge on any atom is -0.376 e. The molecule has 1 amide bonds. The van der Waals surface area contributed by atoms with Crippen LogP contribution in [-0.4, -0.2) is 42.1 Å². The SMILES string of the molecule is CC1CN(Cc2cccc(CNC(=O)C(C)(C)N)c2)CCO1. The molecule has 1 aromatic rings. The van der Waals surface area contributed by atoms with Gasteiger partial charge in [0.25, 0.3) is 0 Å². The second-order valence-corrected chi connectivity index (χ2v) is 6.64. The number of nitrogens with one attached hydrogen (secondary N) is 1. The topological polar surface area (TPSA) is 67.6 Å². The lowest BCUT2D eigenvalue weighted by Crippen LogP contribution is -2.48. The van der Waals surface area contributed by atoms with Crippen LogP contribution in [0.3, 0.4) is 0 Å². The van der Waals surface area contributed by atoms with Crippen LogP contribution >= 0.6 is 0 Å². The number of ether oxygens (including phenoxy) is 1. The van der Waals surface area contributed by atoms with Gasteiger partial charge in [0, 0.05) is 26.2 Å². The van der Waals surface area contributed by atoms with Crippen LogP contribution in [0.5, 0.6) is 0 Å². The van der Waals surface area contributed by atoms with Crippen molar-refractivity contribution in [2.75, 3.05) is 19.7 Å². The van der Waals surface area contributed by atoms with Crippen LogP contribution in [0.1, 0.15) is 31.9 Å². The monoisotopic (exact) mass is 305 g/mol. The number of carbonyl (C=O) groups is 1. The molecule has 1 saturated heterocycles. The third-order valence-electron chi connectivity index (χ3n) is 3.76. The number of hydrogen-bond acceptors (Lipinski definition) is 4. The van der Waals surface area contributed by atoms with Gasteiger partial charge in [0.1, 0.15) is 0 Å². The van der Waals surface area contributed by atoms with Crippen molar-refractivity contribution in [2.45, 2.75) is 45.5 Å². The maximum Gasteiger partial charge on any atom is 0.239 e. The molecule has 1 aromatic carbocycles. The molecule has 0 spiro atoms. The zero-order valence-electron chi connectivity index (χ0n) is 13.8. The van der Waals surface area contributed by atoms with E-state index in [0.717, 1.165) is 31.8 Å². The van der Waals surface area contributed by atoms with Crippen LogP contribution in [0, 0.1) is 0 Å². The first-order valence-electron chi connectivity index (χ1n) is 7.83. The van der Waals surface area contributed by atoms with Crippen molar-refractivity contribution in [1.82, 2.24) is 10.2 Å². The van der Waals surface area contributed by atoms with Gasteiger partial charge in [-0.05, 0) is 31.9 Å². The summed E-state index contributed by atoms with van der Waals surface area (Å²) in [5, 5.41) is 2.88. The molecular weight excluding hydrogens is 278 g/mol. The Balaban J connectivity index is 1.91. The van der Waals surface area contributed by atoms with Crippen LogP contribution < -0.4 is 11.1 Å². The number of nitrogens with two attached hydrogens (primary N) is 1. The molecule has 1 aliphatic rings. The first-order valence-corrected chi connectivity index (χ1v) is 7.83. The van der Waals surface area contributed by atoms with Gasteiger partial charge >= 0.3 is 0 Å². The zero-order valence-corrected chi connectivity index (χ0v) is 13.8. The highest BCUT2D eigenvalue weighted by molar-refractivity contribution is 5.84. The minimum atomic E-state index is -0.846. The van der Waals surface area contributed by atoms with Crippen molar-refractivity contribution >= 4 is 5.91 Å². The Kier molecular flexibility index (Phi) is 5.56. The molecule has 22 heavy (non-hydrogen) atoms. The Morgan fingerprint density at radius 1 is 1.45 bits per heavy atom. The van der Waals surface area contributed by atoms with Gasteiger partial charge in [-0.2, -0.15) is 0 Å². The molecule has 1 atom stereocenters. The molecule has 0 bridgehead atoms. The molecule has 0 saturated carbocycles. The van der Waals surface area contributed by atoms with Gasteiger partial charge in [-0.3, -0.25) is 9.69 Å². The van der Waals surface area contributed by atoms with Gasteiger partial charge in [0.2, 0.25) is 5.91 Å². The van der Waals surface area contributed by atoms with E-state index in [2.05, 4.69) is 29.3 Å². The van der Waals surface area contributed by atoms with E-state index in [1.807, 2.05) is 12.1 Å². The molecule has 5 nitrogen and oxygen atoms in total. The summed E-state index contributed by atoms with van der Waals surface area (Å²) in [6.07, 6.45) is 0.294. The van der Waals surface area contributed by atoms with Crippen LogP contribution in [-0.2, 0) is 22.6 Å². The summed E-state index contributed by atoms with van der Waals surface area (Å²) in [4.78, 5) is 14.2. The maximum absolute atomic E-state index is 11.8. The van der Waals surface area contributed by atoms with Crippen LogP contribution in [0.4, 0.5) is 0 Å².